The summed E-state index contributed by atoms with van der Waals surface area (Å²) < 4.78 is 0. The molecule has 1 aromatic heterocycles. The lowest BCUT2D eigenvalue weighted by atomic mass is 10.0. The van der Waals surface area contributed by atoms with Gasteiger partial charge in [-0.05, 0) is 42.7 Å². The quantitative estimate of drug-likeness (QED) is 0.800. The molecule has 1 aromatic rings. The number of hydrogen-bond acceptors (Lipinski definition) is 2. The van der Waals surface area contributed by atoms with Crippen LogP contribution < -0.4 is 0 Å². The molecule has 0 N–H and O–H groups in total. The normalized spacial score (nSPS) is 16.4. The standard InChI is InChI=1S/C14H21NOS/c1-11-7-8-17-13(11)10-15(2)14(16)9-12-5-3-4-6-12/h7-8,12H,3-6,9-10H2,1-2H3. The van der Waals surface area contributed by atoms with Gasteiger partial charge in [0.15, 0.2) is 0 Å². The van der Waals surface area contributed by atoms with Crippen molar-refractivity contribution in [3.63, 3.8) is 0 Å². The van der Waals surface area contributed by atoms with Gasteiger partial charge in [0.1, 0.15) is 0 Å². The molecule has 0 bridgehead atoms. The van der Waals surface area contributed by atoms with Crippen LogP contribution in [0.2, 0.25) is 0 Å². The summed E-state index contributed by atoms with van der Waals surface area (Å²) in [5, 5.41) is 2.10. The fourth-order valence-corrected chi connectivity index (χ4v) is 3.45. The minimum Gasteiger partial charge on any atom is -0.341 e. The maximum atomic E-state index is 12.1. The van der Waals surface area contributed by atoms with Crippen LogP contribution in [0.4, 0.5) is 0 Å². The molecule has 17 heavy (non-hydrogen) atoms. The van der Waals surface area contributed by atoms with Crippen LogP contribution in [0.3, 0.4) is 0 Å². The molecule has 0 atom stereocenters. The maximum Gasteiger partial charge on any atom is 0.222 e. The third-order valence-electron chi connectivity index (χ3n) is 3.71. The minimum absolute atomic E-state index is 0.310. The largest absolute Gasteiger partial charge is 0.341 e. The molecule has 1 heterocycles. The first-order valence-electron chi connectivity index (χ1n) is 6.43. The first-order chi connectivity index (χ1) is 8.16. The Morgan fingerprint density at radius 1 is 1.47 bits per heavy atom. The lowest BCUT2D eigenvalue weighted by molar-refractivity contribution is -0.131. The Morgan fingerprint density at radius 2 is 2.18 bits per heavy atom. The number of rotatable bonds is 4. The highest BCUT2D eigenvalue weighted by molar-refractivity contribution is 7.10. The SMILES string of the molecule is Cc1ccsc1CN(C)C(=O)CC1CCCC1. The minimum atomic E-state index is 0.310. The molecule has 1 aliphatic rings. The molecule has 0 spiro atoms. The zero-order chi connectivity index (χ0) is 12.3. The van der Waals surface area contributed by atoms with Crippen molar-refractivity contribution in [3.8, 4) is 0 Å². The van der Waals surface area contributed by atoms with Crippen molar-refractivity contribution < 1.29 is 4.79 Å². The monoisotopic (exact) mass is 251 g/mol. The van der Waals surface area contributed by atoms with E-state index in [2.05, 4.69) is 18.4 Å². The molecule has 0 aliphatic heterocycles. The van der Waals surface area contributed by atoms with Gasteiger partial charge in [-0.15, -0.1) is 11.3 Å². The van der Waals surface area contributed by atoms with Gasteiger partial charge in [0, 0.05) is 18.3 Å². The highest BCUT2D eigenvalue weighted by atomic mass is 32.1. The van der Waals surface area contributed by atoms with E-state index in [4.69, 9.17) is 0 Å². The van der Waals surface area contributed by atoms with E-state index in [0.717, 1.165) is 13.0 Å². The van der Waals surface area contributed by atoms with Gasteiger partial charge >= 0.3 is 0 Å². The van der Waals surface area contributed by atoms with Crippen LogP contribution >= 0.6 is 11.3 Å². The highest BCUT2D eigenvalue weighted by Crippen LogP contribution is 2.28. The Morgan fingerprint density at radius 3 is 2.76 bits per heavy atom. The van der Waals surface area contributed by atoms with Crippen LogP contribution in [0.5, 0.6) is 0 Å². The number of carbonyl (C=O) groups excluding carboxylic acids is 1. The maximum absolute atomic E-state index is 12.1. The number of thiophene rings is 1. The van der Waals surface area contributed by atoms with Gasteiger partial charge in [-0.2, -0.15) is 0 Å². The van der Waals surface area contributed by atoms with Crippen LogP contribution in [0.25, 0.3) is 0 Å². The second kappa shape index (κ2) is 5.67. The van der Waals surface area contributed by atoms with Crippen LogP contribution in [0, 0.1) is 12.8 Å². The number of nitrogens with zero attached hydrogens (tertiary/aromatic N) is 1. The van der Waals surface area contributed by atoms with E-state index in [-0.39, 0.29) is 0 Å². The molecule has 2 rings (SSSR count). The molecule has 1 saturated carbocycles. The molecule has 0 unspecified atom stereocenters. The summed E-state index contributed by atoms with van der Waals surface area (Å²) in [4.78, 5) is 15.3. The van der Waals surface area contributed by atoms with Crippen LogP contribution in [0.1, 0.15) is 42.5 Å². The third-order valence-corrected chi connectivity index (χ3v) is 4.72. The average Bonchev–Trinajstić information content (AvgIpc) is 2.91. The predicted octanol–water partition coefficient (Wildman–Crippen LogP) is 3.60. The second-order valence-electron chi connectivity index (χ2n) is 5.13. The molecule has 3 heteroatoms. The van der Waals surface area contributed by atoms with E-state index < -0.39 is 0 Å². The first-order valence-corrected chi connectivity index (χ1v) is 7.31. The smallest absolute Gasteiger partial charge is 0.222 e. The summed E-state index contributed by atoms with van der Waals surface area (Å²) in [5.41, 5.74) is 1.30. The Kier molecular flexibility index (Phi) is 4.21. The Bertz CT molecular complexity index is 379. The lowest BCUT2D eigenvalue weighted by Crippen LogP contribution is -2.27. The lowest BCUT2D eigenvalue weighted by Gasteiger charge is -2.19. The number of hydrogen-bond donors (Lipinski definition) is 0. The van der Waals surface area contributed by atoms with Crippen molar-refractivity contribution in [1.29, 1.82) is 0 Å². The van der Waals surface area contributed by atoms with Gasteiger partial charge in [0.2, 0.25) is 5.91 Å². The Balaban J connectivity index is 1.84. The molecule has 1 fully saturated rings. The fraction of sp³-hybridized carbons (Fsp3) is 0.643. The van der Waals surface area contributed by atoms with E-state index in [1.54, 1.807) is 11.3 Å². The average molecular weight is 251 g/mol. The molecular formula is C14H21NOS. The Labute approximate surface area is 108 Å². The van der Waals surface area contributed by atoms with Gasteiger partial charge in [0.25, 0.3) is 0 Å². The van der Waals surface area contributed by atoms with E-state index >= 15 is 0 Å². The van der Waals surface area contributed by atoms with E-state index in [9.17, 15) is 4.79 Å². The van der Waals surface area contributed by atoms with Crippen LogP contribution in [-0.4, -0.2) is 17.9 Å². The summed E-state index contributed by atoms with van der Waals surface area (Å²) in [6, 6.07) is 2.12. The van der Waals surface area contributed by atoms with E-state index in [0.29, 0.717) is 11.8 Å². The van der Waals surface area contributed by atoms with Crippen LogP contribution in [0.15, 0.2) is 11.4 Å². The van der Waals surface area contributed by atoms with Crippen molar-refractivity contribution in [3.05, 3.63) is 21.9 Å². The molecule has 1 aliphatic carbocycles. The summed E-state index contributed by atoms with van der Waals surface area (Å²) >= 11 is 1.74. The molecule has 0 aromatic carbocycles. The summed E-state index contributed by atoms with van der Waals surface area (Å²) in [6.45, 7) is 2.89. The fourth-order valence-electron chi connectivity index (χ4n) is 2.49. The summed E-state index contributed by atoms with van der Waals surface area (Å²) in [5.74, 6) is 0.957. The molecule has 0 radical (unpaired) electrons. The zero-order valence-corrected chi connectivity index (χ0v) is 11.6. The third kappa shape index (κ3) is 3.32. The predicted molar refractivity (Wildman–Crippen MR) is 72.1 cm³/mol. The van der Waals surface area contributed by atoms with Crippen molar-refractivity contribution in [2.75, 3.05) is 7.05 Å². The number of carbonyl (C=O) groups is 1. The molecule has 1 amide bonds. The summed E-state index contributed by atoms with van der Waals surface area (Å²) in [7, 11) is 1.93. The topological polar surface area (TPSA) is 20.3 Å². The molecule has 2 nitrogen and oxygen atoms in total. The molecule has 94 valence electrons. The van der Waals surface area contributed by atoms with Gasteiger partial charge in [-0.1, -0.05) is 12.8 Å². The Hall–Kier alpha value is -0.830. The van der Waals surface area contributed by atoms with Crippen molar-refractivity contribution in [1.82, 2.24) is 4.90 Å². The second-order valence-corrected chi connectivity index (χ2v) is 6.13. The van der Waals surface area contributed by atoms with Gasteiger partial charge in [0.05, 0.1) is 6.54 Å². The number of aryl methyl sites for hydroxylation is 1. The number of amides is 1. The highest BCUT2D eigenvalue weighted by Gasteiger charge is 2.20. The van der Waals surface area contributed by atoms with E-state index in [1.807, 2.05) is 11.9 Å². The molecule has 0 saturated heterocycles. The van der Waals surface area contributed by atoms with Crippen LogP contribution in [-0.2, 0) is 11.3 Å². The van der Waals surface area contributed by atoms with E-state index in [1.165, 1.54) is 36.1 Å². The van der Waals surface area contributed by atoms with Crippen molar-refractivity contribution in [2.45, 2.75) is 45.6 Å². The van der Waals surface area contributed by atoms with Crippen molar-refractivity contribution >= 4 is 17.2 Å². The van der Waals surface area contributed by atoms with Gasteiger partial charge < -0.3 is 4.90 Å². The summed E-state index contributed by atoms with van der Waals surface area (Å²) in [6.07, 6.45) is 5.87. The molecular weight excluding hydrogens is 230 g/mol. The first kappa shape index (κ1) is 12.6. The van der Waals surface area contributed by atoms with Crippen molar-refractivity contribution in [2.24, 2.45) is 5.92 Å². The zero-order valence-electron chi connectivity index (χ0n) is 10.7. The van der Waals surface area contributed by atoms with Gasteiger partial charge in [-0.3, -0.25) is 4.79 Å². The van der Waals surface area contributed by atoms with Gasteiger partial charge in [-0.25, -0.2) is 0 Å².